The molecule has 2 bridgehead atoms. The molecule has 3 saturated heterocycles. The molecule has 164 valence electrons. The molecule has 2 unspecified atom stereocenters. The zero-order valence-electron chi connectivity index (χ0n) is 18.0. The predicted octanol–water partition coefficient (Wildman–Crippen LogP) is 0.574. The summed E-state index contributed by atoms with van der Waals surface area (Å²) in [7, 11) is 1.58. The van der Waals surface area contributed by atoms with Gasteiger partial charge in [0.25, 0.3) is 0 Å². The van der Waals surface area contributed by atoms with Crippen LogP contribution in [0.3, 0.4) is 0 Å². The van der Waals surface area contributed by atoms with E-state index in [0.29, 0.717) is 38.6 Å². The highest BCUT2D eigenvalue weighted by molar-refractivity contribution is 5.99. The number of rotatable bonds is 9. The number of carbonyl (C=O) groups is 3. The number of fused-ring (bicyclic) bond motifs is 1. The third-order valence-electron chi connectivity index (χ3n) is 6.95. The largest absolute Gasteiger partial charge is 0.396 e. The number of nitrogens with zero attached hydrogens (tertiary/aromatic N) is 1. The molecule has 0 aromatic carbocycles. The van der Waals surface area contributed by atoms with Gasteiger partial charge in [-0.2, -0.15) is 0 Å². The molecule has 0 aliphatic carbocycles. The summed E-state index contributed by atoms with van der Waals surface area (Å²) in [5.74, 6) is -1.74. The van der Waals surface area contributed by atoms with Gasteiger partial charge in [0.05, 0.1) is 17.4 Å². The van der Waals surface area contributed by atoms with E-state index in [1.165, 1.54) is 0 Å². The standard InChI is InChI=1S/C21H35N3O5/c1-5-20-9-10-21(29-20)15(14(20)17(26)22-4)19(28)24(11-7-6-8-12-25)16(21)18(27)23-13(2)3/h13-16,25H,5-12H2,1-4H3,(H,22,26)(H,23,27)/t14-,15+,16?,20+,21?/m1/s1. The molecule has 29 heavy (non-hydrogen) atoms. The van der Waals surface area contributed by atoms with Crippen molar-refractivity contribution in [1.29, 1.82) is 0 Å². The number of aliphatic hydroxyl groups is 1. The van der Waals surface area contributed by atoms with E-state index in [1.807, 2.05) is 20.8 Å². The van der Waals surface area contributed by atoms with Crippen LogP contribution in [0, 0.1) is 11.8 Å². The van der Waals surface area contributed by atoms with Gasteiger partial charge in [0.15, 0.2) is 0 Å². The minimum Gasteiger partial charge on any atom is -0.396 e. The van der Waals surface area contributed by atoms with Gasteiger partial charge in [-0.05, 0) is 52.4 Å². The number of nitrogens with one attached hydrogen (secondary N) is 2. The van der Waals surface area contributed by atoms with E-state index in [-0.39, 0.29) is 30.4 Å². The molecular weight excluding hydrogens is 374 g/mol. The Bertz CT molecular complexity index is 669. The zero-order valence-corrected chi connectivity index (χ0v) is 18.0. The van der Waals surface area contributed by atoms with E-state index in [9.17, 15) is 14.4 Å². The molecule has 3 amide bonds. The van der Waals surface area contributed by atoms with Crippen LogP contribution in [0.4, 0.5) is 0 Å². The van der Waals surface area contributed by atoms with Crippen molar-refractivity contribution in [2.24, 2.45) is 11.8 Å². The lowest BCUT2D eigenvalue weighted by Gasteiger charge is -2.34. The van der Waals surface area contributed by atoms with E-state index in [0.717, 1.165) is 6.42 Å². The van der Waals surface area contributed by atoms with Gasteiger partial charge >= 0.3 is 0 Å². The topological polar surface area (TPSA) is 108 Å². The van der Waals surface area contributed by atoms with E-state index in [4.69, 9.17) is 9.84 Å². The van der Waals surface area contributed by atoms with E-state index < -0.39 is 29.1 Å². The van der Waals surface area contributed by atoms with E-state index in [2.05, 4.69) is 10.6 Å². The quantitative estimate of drug-likeness (QED) is 0.483. The number of hydrogen-bond acceptors (Lipinski definition) is 5. The van der Waals surface area contributed by atoms with Crippen molar-refractivity contribution in [2.45, 2.75) is 82.6 Å². The van der Waals surface area contributed by atoms with Gasteiger partial charge in [-0.1, -0.05) is 6.92 Å². The first-order valence-electron chi connectivity index (χ1n) is 10.9. The Morgan fingerprint density at radius 3 is 2.55 bits per heavy atom. The van der Waals surface area contributed by atoms with Crippen molar-refractivity contribution in [2.75, 3.05) is 20.2 Å². The second-order valence-corrected chi connectivity index (χ2v) is 8.93. The van der Waals surface area contributed by atoms with Crippen molar-refractivity contribution >= 4 is 17.7 Å². The monoisotopic (exact) mass is 409 g/mol. The number of likely N-dealkylation sites (tertiary alicyclic amines) is 1. The summed E-state index contributed by atoms with van der Waals surface area (Å²) >= 11 is 0. The fraction of sp³-hybridized carbons (Fsp3) is 0.857. The molecule has 0 saturated carbocycles. The van der Waals surface area contributed by atoms with Crippen molar-refractivity contribution in [3.8, 4) is 0 Å². The van der Waals surface area contributed by atoms with Gasteiger partial charge < -0.3 is 25.4 Å². The molecule has 3 heterocycles. The fourth-order valence-electron chi connectivity index (χ4n) is 5.75. The summed E-state index contributed by atoms with van der Waals surface area (Å²) in [6.45, 7) is 6.30. The molecule has 0 radical (unpaired) electrons. The van der Waals surface area contributed by atoms with Crippen LogP contribution in [0.2, 0.25) is 0 Å². The van der Waals surface area contributed by atoms with Crippen molar-refractivity contribution in [3.63, 3.8) is 0 Å². The predicted molar refractivity (Wildman–Crippen MR) is 107 cm³/mol. The highest BCUT2D eigenvalue weighted by atomic mass is 16.5. The number of aliphatic hydroxyl groups excluding tert-OH is 1. The van der Waals surface area contributed by atoms with Crippen LogP contribution in [-0.2, 0) is 19.1 Å². The molecule has 8 nitrogen and oxygen atoms in total. The third kappa shape index (κ3) is 3.34. The Labute approximate surface area is 172 Å². The van der Waals surface area contributed by atoms with Crippen molar-refractivity contribution < 1.29 is 24.2 Å². The van der Waals surface area contributed by atoms with Gasteiger partial charge in [-0.15, -0.1) is 0 Å². The molecule has 8 heteroatoms. The third-order valence-corrected chi connectivity index (χ3v) is 6.95. The molecule has 3 aliphatic heterocycles. The molecule has 3 rings (SSSR count). The summed E-state index contributed by atoms with van der Waals surface area (Å²) in [5, 5.41) is 14.7. The number of ether oxygens (including phenoxy) is 1. The van der Waals surface area contributed by atoms with Crippen LogP contribution in [0.15, 0.2) is 0 Å². The highest BCUT2D eigenvalue weighted by Gasteiger charge is 2.78. The molecule has 1 spiro atoms. The normalized spacial score (nSPS) is 35.3. The first kappa shape index (κ1) is 22.0. The highest BCUT2D eigenvalue weighted by Crippen LogP contribution is 2.64. The Kier molecular flexibility index (Phi) is 6.24. The van der Waals surface area contributed by atoms with Gasteiger partial charge in [0.1, 0.15) is 11.6 Å². The van der Waals surface area contributed by atoms with Crippen molar-refractivity contribution in [3.05, 3.63) is 0 Å². The second-order valence-electron chi connectivity index (χ2n) is 8.93. The Hall–Kier alpha value is -1.67. The van der Waals surface area contributed by atoms with Gasteiger partial charge in [-0.3, -0.25) is 14.4 Å². The molecule has 0 aromatic heterocycles. The molecular formula is C21H35N3O5. The Morgan fingerprint density at radius 2 is 1.97 bits per heavy atom. The van der Waals surface area contributed by atoms with E-state index in [1.54, 1.807) is 11.9 Å². The van der Waals surface area contributed by atoms with Crippen LogP contribution < -0.4 is 10.6 Å². The summed E-state index contributed by atoms with van der Waals surface area (Å²) in [6.07, 6.45) is 4.05. The minimum atomic E-state index is -0.944. The number of amides is 3. The summed E-state index contributed by atoms with van der Waals surface area (Å²) in [4.78, 5) is 41.3. The van der Waals surface area contributed by atoms with Gasteiger partial charge in [0.2, 0.25) is 17.7 Å². The van der Waals surface area contributed by atoms with E-state index >= 15 is 0 Å². The number of hydrogen-bond donors (Lipinski definition) is 3. The lowest BCUT2D eigenvalue weighted by molar-refractivity contribution is -0.147. The maximum absolute atomic E-state index is 13.6. The van der Waals surface area contributed by atoms with Crippen LogP contribution >= 0.6 is 0 Å². The Morgan fingerprint density at radius 1 is 1.24 bits per heavy atom. The average molecular weight is 410 g/mol. The molecule has 3 N–H and O–H groups in total. The Balaban J connectivity index is 1.98. The van der Waals surface area contributed by atoms with Crippen LogP contribution in [-0.4, -0.2) is 71.2 Å². The second kappa shape index (κ2) is 8.22. The van der Waals surface area contributed by atoms with Crippen molar-refractivity contribution in [1.82, 2.24) is 15.5 Å². The summed E-state index contributed by atoms with van der Waals surface area (Å²) < 4.78 is 6.58. The van der Waals surface area contributed by atoms with Crippen LogP contribution in [0.5, 0.6) is 0 Å². The lowest BCUT2D eigenvalue weighted by Crippen LogP contribution is -2.56. The van der Waals surface area contributed by atoms with Gasteiger partial charge in [0, 0.05) is 26.2 Å². The summed E-state index contributed by atoms with van der Waals surface area (Å²) in [6, 6.07) is -0.780. The zero-order chi connectivity index (χ0) is 21.4. The molecule has 3 aliphatic rings. The average Bonchev–Trinajstić information content (AvgIpc) is 3.28. The molecule has 0 aromatic rings. The first-order valence-corrected chi connectivity index (χ1v) is 10.9. The first-order chi connectivity index (χ1) is 13.8. The number of carbonyl (C=O) groups excluding carboxylic acids is 3. The SMILES string of the molecule is CC[C@@]12CCC3(O1)C(C(=O)NC(C)C)N(CCCCCO)C(=O)[C@@H]3[C@@H]2C(=O)NC. The van der Waals surface area contributed by atoms with Gasteiger partial charge in [-0.25, -0.2) is 0 Å². The minimum absolute atomic E-state index is 0.0576. The van der Waals surface area contributed by atoms with Crippen LogP contribution in [0.1, 0.15) is 59.3 Å². The smallest absolute Gasteiger partial charge is 0.246 e. The lowest BCUT2D eigenvalue weighted by atomic mass is 9.65. The molecule has 3 fully saturated rings. The maximum atomic E-state index is 13.6. The number of unbranched alkanes of at least 4 members (excludes halogenated alkanes) is 2. The van der Waals surface area contributed by atoms with Crippen LogP contribution in [0.25, 0.3) is 0 Å². The fourth-order valence-corrected chi connectivity index (χ4v) is 5.75. The summed E-state index contributed by atoms with van der Waals surface area (Å²) in [5.41, 5.74) is -1.63. The maximum Gasteiger partial charge on any atom is 0.246 e. The molecule has 5 atom stereocenters.